The fourth-order valence-corrected chi connectivity index (χ4v) is 3.39. The van der Waals surface area contributed by atoms with Gasteiger partial charge in [0.25, 0.3) is 0 Å². The number of hydrogen-bond acceptors (Lipinski definition) is 4. The van der Waals surface area contributed by atoms with Crippen molar-refractivity contribution in [1.29, 1.82) is 0 Å². The molecule has 1 aliphatic heterocycles. The van der Waals surface area contributed by atoms with Crippen molar-refractivity contribution in [2.75, 3.05) is 51.8 Å². The van der Waals surface area contributed by atoms with E-state index in [-0.39, 0.29) is 24.0 Å². The molecule has 0 amide bonds. The Morgan fingerprint density at radius 2 is 1.86 bits per heavy atom. The average molecular weight is 495 g/mol. The number of pyridine rings is 1. The predicted octanol–water partition coefficient (Wildman–Crippen LogP) is 2.96. The first-order chi connectivity index (χ1) is 13.2. The van der Waals surface area contributed by atoms with Crippen molar-refractivity contribution in [2.24, 2.45) is 4.99 Å². The number of piperazine rings is 1. The molecule has 1 aliphatic rings. The molecule has 28 heavy (non-hydrogen) atoms. The van der Waals surface area contributed by atoms with Crippen LogP contribution in [0.2, 0.25) is 0 Å². The molecular formula is C21H30IN5O. The van der Waals surface area contributed by atoms with Crippen LogP contribution in [-0.2, 0) is 6.42 Å². The summed E-state index contributed by atoms with van der Waals surface area (Å²) in [6, 6.07) is 10.4. The van der Waals surface area contributed by atoms with Crippen LogP contribution in [0.25, 0.3) is 0 Å². The zero-order chi connectivity index (χ0) is 19.1. The normalized spacial score (nSPS) is 14.5. The highest BCUT2D eigenvalue weighted by molar-refractivity contribution is 14.0. The number of methoxy groups -OCH3 is 1. The van der Waals surface area contributed by atoms with E-state index < -0.39 is 0 Å². The van der Waals surface area contributed by atoms with Crippen molar-refractivity contribution in [3.8, 4) is 5.75 Å². The Labute approximate surface area is 185 Å². The summed E-state index contributed by atoms with van der Waals surface area (Å²) in [6.07, 6.45) is 4.75. The number of guanidine groups is 1. The lowest BCUT2D eigenvalue weighted by Gasteiger charge is -2.37. The second kappa shape index (κ2) is 11.1. The molecule has 0 saturated carbocycles. The smallest absolute Gasteiger partial charge is 0.193 e. The van der Waals surface area contributed by atoms with Gasteiger partial charge in [0.1, 0.15) is 5.75 Å². The van der Waals surface area contributed by atoms with Gasteiger partial charge in [0.2, 0.25) is 0 Å². The van der Waals surface area contributed by atoms with Crippen LogP contribution in [-0.4, -0.2) is 62.7 Å². The van der Waals surface area contributed by atoms with E-state index in [0.717, 1.165) is 50.9 Å². The van der Waals surface area contributed by atoms with Gasteiger partial charge in [-0.3, -0.25) is 9.98 Å². The molecule has 7 heteroatoms. The highest BCUT2D eigenvalue weighted by Crippen LogP contribution is 2.20. The first-order valence-corrected chi connectivity index (χ1v) is 9.45. The van der Waals surface area contributed by atoms with E-state index >= 15 is 0 Å². The molecule has 6 nitrogen and oxygen atoms in total. The summed E-state index contributed by atoms with van der Waals surface area (Å²) in [6.45, 7) is 6.86. The van der Waals surface area contributed by atoms with Gasteiger partial charge >= 0.3 is 0 Å². The summed E-state index contributed by atoms with van der Waals surface area (Å²) in [5, 5.41) is 3.50. The molecule has 1 N–H and O–H groups in total. The predicted molar refractivity (Wildman–Crippen MR) is 126 cm³/mol. The molecule has 0 bridgehead atoms. The summed E-state index contributed by atoms with van der Waals surface area (Å²) in [7, 11) is 3.55. The molecule has 0 unspecified atom stereocenters. The number of aromatic nitrogens is 1. The van der Waals surface area contributed by atoms with Crippen LogP contribution in [0.1, 0.15) is 11.1 Å². The van der Waals surface area contributed by atoms with Gasteiger partial charge < -0.3 is 19.9 Å². The Balaban J connectivity index is 0.00000280. The van der Waals surface area contributed by atoms with Gasteiger partial charge in [-0.15, -0.1) is 24.0 Å². The Kier molecular flexibility index (Phi) is 8.82. The summed E-state index contributed by atoms with van der Waals surface area (Å²) in [5.41, 5.74) is 3.81. The number of aryl methyl sites for hydroxylation is 1. The molecular weight excluding hydrogens is 465 g/mol. The van der Waals surface area contributed by atoms with Gasteiger partial charge in [0, 0.05) is 57.9 Å². The minimum atomic E-state index is 0. The molecule has 152 valence electrons. The average Bonchev–Trinajstić information content (AvgIpc) is 2.73. The molecule has 0 spiro atoms. The van der Waals surface area contributed by atoms with Gasteiger partial charge in [-0.25, -0.2) is 0 Å². The Morgan fingerprint density at radius 3 is 2.46 bits per heavy atom. The maximum atomic E-state index is 5.24. The second-order valence-corrected chi connectivity index (χ2v) is 6.70. The third kappa shape index (κ3) is 5.73. The molecule has 0 radical (unpaired) electrons. The Hall–Kier alpha value is -2.03. The van der Waals surface area contributed by atoms with Gasteiger partial charge in [0.05, 0.1) is 7.11 Å². The van der Waals surface area contributed by atoms with Crippen LogP contribution < -0.4 is 15.0 Å². The summed E-state index contributed by atoms with van der Waals surface area (Å²) in [5.74, 6) is 1.88. The van der Waals surface area contributed by atoms with Crippen LogP contribution >= 0.6 is 24.0 Å². The van der Waals surface area contributed by atoms with Crippen LogP contribution in [0.5, 0.6) is 5.75 Å². The lowest BCUT2D eigenvalue weighted by molar-refractivity contribution is 0.373. The molecule has 1 aromatic carbocycles. The molecule has 1 saturated heterocycles. The monoisotopic (exact) mass is 495 g/mol. The van der Waals surface area contributed by atoms with Gasteiger partial charge in [-0.1, -0.05) is 0 Å². The number of nitrogens with one attached hydrogen (secondary N) is 1. The first-order valence-electron chi connectivity index (χ1n) is 9.45. The number of halogens is 1. The van der Waals surface area contributed by atoms with E-state index in [2.05, 4.69) is 50.2 Å². The van der Waals surface area contributed by atoms with Gasteiger partial charge in [-0.05, 0) is 54.8 Å². The number of nitrogens with zero attached hydrogens (tertiary/aromatic N) is 4. The largest absolute Gasteiger partial charge is 0.497 e. The maximum absolute atomic E-state index is 5.24. The number of rotatable bonds is 5. The number of anilines is 1. The van der Waals surface area contributed by atoms with E-state index in [0.29, 0.717) is 0 Å². The molecule has 0 atom stereocenters. The van der Waals surface area contributed by atoms with Crippen molar-refractivity contribution in [2.45, 2.75) is 13.3 Å². The van der Waals surface area contributed by atoms with Crippen molar-refractivity contribution in [3.05, 3.63) is 53.9 Å². The lowest BCUT2D eigenvalue weighted by atomic mass is 10.1. The standard InChI is InChI=1S/C21H29N5O.HI/c1-17-16-23-10-8-18(17)9-11-24-21(22-2)26-14-12-25(13-15-26)19-4-6-20(27-3)7-5-19;/h4-8,10,16H,9,11-15H2,1-3H3,(H,22,24);1H. The third-order valence-corrected chi connectivity index (χ3v) is 5.04. The molecule has 1 aromatic heterocycles. The Bertz CT molecular complexity index is 758. The van der Waals surface area contributed by atoms with Crippen LogP contribution in [0, 0.1) is 6.92 Å². The highest BCUT2D eigenvalue weighted by atomic mass is 127. The van der Waals surface area contributed by atoms with E-state index in [9.17, 15) is 0 Å². The number of benzene rings is 1. The van der Waals surface area contributed by atoms with Crippen molar-refractivity contribution in [3.63, 3.8) is 0 Å². The fourth-order valence-electron chi connectivity index (χ4n) is 3.39. The van der Waals surface area contributed by atoms with Crippen LogP contribution in [0.3, 0.4) is 0 Å². The summed E-state index contributed by atoms with van der Waals surface area (Å²) in [4.78, 5) is 13.4. The molecule has 2 aromatic rings. The fraction of sp³-hybridized carbons (Fsp3) is 0.429. The minimum Gasteiger partial charge on any atom is -0.497 e. The minimum absolute atomic E-state index is 0. The lowest BCUT2D eigenvalue weighted by Crippen LogP contribution is -2.52. The maximum Gasteiger partial charge on any atom is 0.193 e. The highest BCUT2D eigenvalue weighted by Gasteiger charge is 2.19. The van der Waals surface area contributed by atoms with Gasteiger partial charge in [0.15, 0.2) is 5.96 Å². The van der Waals surface area contributed by atoms with Crippen LogP contribution in [0.4, 0.5) is 5.69 Å². The van der Waals surface area contributed by atoms with E-state index in [1.807, 2.05) is 31.6 Å². The number of hydrogen-bond donors (Lipinski definition) is 1. The SMILES string of the molecule is CN=C(NCCc1ccncc1C)N1CCN(c2ccc(OC)cc2)CC1.I. The molecule has 1 fully saturated rings. The second-order valence-electron chi connectivity index (χ2n) is 6.70. The van der Waals surface area contributed by atoms with E-state index in [4.69, 9.17) is 4.74 Å². The zero-order valence-electron chi connectivity index (χ0n) is 16.9. The Morgan fingerprint density at radius 1 is 1.14 bits per heavy atom. The summed E-state index contributed by atoms with van der Waals surface area (Å²) >= 11 is 0. The quantitative estimate of drug-likeness (QED) is 0.393. The number of aliphatic imine (C=N–C) groups is 1. The van der Waals surface area contributed by atoms with Crippen molar-refractivity contribution >= 4 is 35.6 Å². The van der Waals surface area contributed by atoms with E-state index in [1.54, 1.807) is 7.11 Å². The zero-order valence-corrected chi connectivity index (χ0v) is 19.2. The molecule has 0 aliphatic carbocycles. The van der Waals surface area contributed by atoms with Crippen molar-refractivity contribution in [1.82, 2.24) is 15.2 Å². The first kappa shape index (κ1) is 22.3. The van der Waals surface area contributed by atoms with E-state index in [1.165, 1.54) is 16.8 Å². The third-order valence-electron chi connectivity index (χ3n) is 5.04. The van der Waals surface area contributed by atoms with Gasteiger partial charge in [-0.2, -0.15) is 0 Å². The van der Waals surface area contributed by atoms with Crippen molar-refractivity contribution < 1.29 is 4.74 Å². The topological polar surface area (TPSA) is 53.0 Å². The summed E-state index contributed by atoms with van der Waals surface area (Å²) < 4.78 is 5.24. The molecule has 3 rings (SSSR count). The molecule has 2 heterocycles. The van der Waals surface area contributed by atoms with Crippen LogP contribution in [0.15, 0.2) is 47.7 Å². The number of ether oxygens (including phenoxy) is 1.